The summed E-state index contributed by atoms with van der Waals surface area (Å²) in [5.74, 6) is 0.789. The van der Waals surface area contributed by atoms with E-state index in [1.807, 2.05) is 24.3 Å². The lowest BCUT2D eigenvalue weighted by Crippen LogP contribution is -2.04. The molecule has 0 fully saturated rings. The van der Waals surface area contributed by atoms with Gasteiger partial charge in [-0.2, -0.15) is 0 Å². The van der Waals surface area contributed by atoms with E-state index in [0.717, 1.165) is 42.1 Å². The van der Waals surface area contributed by atoms with Crippen LogP contribution in [0.3, 0.4) is 0 Å². The number of anilines is 1. The molecule has 3 heteroatoms. The lowest BCUT2D eigenvalue weighted by atomic mass is 10.1. The first-order chi connectivity index (χ1) is 9.85. The van der Waals surface area contributed by atoms with Crippen molar-refractivity contribution in [1.82, 2.24) is 4.98 Å². The summed E-state index contributed by atoms with van der Waals surface area (Å²) in [6.45, 7) is 2.96. The van der Waals surface area contributed by atoms with E-state index in [1.165, 1.54) is 5.56 Å². The Labute approximate surface area is 118 Å². The minimum absolute atomic E-state index is 0.783. The molecule has 0 unspecified atom stereocenters. The Morgan fingerprint density at radius 1 is 1.10 bits per heavy atom. The lowest BCUT2D eigenvalue weighted by Gasteiger charge is -2.03. The van der Waals surface area contributed by atoms with Crippen molar-refractivity contribution in [2.24, 2.45) is 0 Å². The molecule has 0 aliphatic rings. The van der Waals surface area contributed by atoms with E-state index < -0.39 is 0 Å². The van der Waals surface area contributed by atoms with Crippen LogP contribution in [-0.4, -0.2) is 11.5 Å². The van der Waals surface area contributed by atoms with Gasteiger partial charge in [0.15, 0.2) is 11.5 Å². The van der Waals surface area contributed by atoms with Crippen LogP contribution in [-0.2, 0) is 12.8 Å². The summed E-state index contributed by atoms with van der Waals surface area (Å²) in [4.78, 5) is 4.55. The third kappa shape index (κ3) is 2.82. The number of hydrogen-bond donors (Lipinski definition) is 1. The molecular formula is C17H18N2O. The Bertz CT molecular complexity index is 689. The normalized spacial score (nSPS) is 10.8. The maximum Gasteiger partial charge on any atom is 0.197 e. The van der Waals surface area contributed by atoms with Crippen LogP contribution in [0.4, 0.5) is 5.69 Å². The van der Waals surface area contributed by atoms with Crippen molar-refractivity contribution in [2.75, 3.05) is 11.9 Å². The van der Waals surface area contributed by atoms with E-state index in [2.05, 4.69) is 41.5 Å². The minimum Gasteiger partial charge on any atom is -0.441 e. The molecule has 0 atom stereocenters. The highest BCUT2D eigenvalue weighted by Gasteiger charge is 2.05. The number of para-hydroxylation sites is 1. The molecule has 0 aliphatic carbocycles. The van der Waals surface area contributed by atoms with Gasteiger partial charge in [0, 0.05) is 18.7 Å². The lowest BCUT2D eigenvalue weighted by molar-refractivity contribution is 0.534. The number of rotatable bonds is 5. The summed E-state index contributed by atoms with van der Waals surface area (Å²) in [7, 11) is 0. The first-order valence-electron chi connectivity index (χ1n) is 7.02. The van der Waals surface area contributed by atoms with Gasteiger partial charge in [0.25, 0.3) is 0 Å². The van der Waals surface area contributed by atoms with Crippen LogP contribution < -0.4 is 5.32 Å². The van der Waals surface area contributed by atoms with Crippen LogP contribution in [0.5, 0.6) is 0 Å². The molecule has 0 radical (unpaired) electrons. The monoisotopic (exact) mass is 266 g/mol. The Balaban J connectivity index is 1.66. The van der Waals surface area contributed by atoms with Crippen LogP contribution >= 0.6 is 0 Å². The van der Waals surface area contributed by atoms with Crippen molar-refractivity contribution in [3.8, 4) is 0 Å². The highest BCUT2D eigenvalue weighted by atomic mass is 16.3. The predicted molar refractivity (Wildman–Crippen MR) is 82.0 cm³/mol. The van der Waals surface area contributed by atoms with Crippen LogP contribution in [0.1, 0.15) is 18.4 Å². The zero-order valence-electron chi connectivity index (χ0n) is 11.6. The van der Waals surface area contributed by atoms with Crippen LogP contribution in [0, 0.1) is 0 Å². The molecule has 3 rings (SSSR count). The molecule has 3 aromatic rings. The number of nitrogens with zero attached hydrogens (tertiary/aromatic N) is 1. The predicted octanol–water partition coefficient (Wildman–Crippen LogP) is 4.04. The number of aromatic nitrogens is 1. The van der Waals surface area contributed by atoms with Gasteiger partial charge in [-0.3, -0.25) is 0 Å². The summed E-state index contributed by atoms with van der Waals surface area (Å²) < 4.78 is 5.75. The summed E-state index contributed by atoms with van der Waals surface area (Å²) >= 11 is 0. The van der Waals surface area contributed by atoms with Crippen molar-refractivity contribution in [3.63, 3.8) is 0 Å². The second kappa shape index (κ2) is 5.78. The topological polar surface area (TPSA) is 38.1 Å². The van der Waals surface area contributed by atoms with E-state index in [0.29, 0.717) is 0 Å². The van der Waals surface area contributed by atoms with Gasteiger partial charge in [-0.25, -0.2) is 4.98 Å². The molecule has 2 aromatic carbocycles. The zero-order valence-corrected chi connectivity index (χ0v) is 11.6. The second-order valence-electron chi connectivity index (χ2n) is 4.81. The molecule has 3 nitrogen and oxygen atoms in total. The molecule has 1 aromatic heterocycles. The van der Waals surface area contributed by atoms with Crippen LogP contribution in [0.25, 0.3) is 11.1 Å². The van der Waals surface area contributed by atoms with E-state index in [1.54, 1.807) is 0 Å². The summed E-state index contributed by atoms with van der Waals surface area (Å²) in [5, 5.41) is 3.36. The van der Waals surface area contributed by atoms with Crippen molar-refractivity contribution in [1.29, 1.82) is 0 Å². The molecule has 1 heterocycles. The maximum absolute atomic E-state index is 5.75. The average molecular weight is 266 g/mol. The van der Waals surface area contributed by atoms with Gasteiger partial charge >= 0.3 is 0 Å². The van der Waals surface area contributed by atoms with Crippen molar-refractivity contribution in [3.05, 3.63) is 60.0 Å². The third-order valence-corrected chi connectivity index (χ3v) is 3.35. The summed E-state index contributed by atoms with van der Waals surface area (Å²) in [6.07, 6.45) is 1.80. The minimum atomic E-state index is 0.783. The first kappa shape index (κ1) is 12.7. The molecule has 0 bridgehead atoms. The molecule has 0 saturated carbocycles. The summed E-state index contributed by atoms with van der Waals surface area (Å²) in [6, 6.07) is 16.4. The molecule has 0 amide bonds. The quantitative estimate of drug-likeness (QED) is 0.757. The molecule has 0 spiro atoms. The Morgan fingerprint density at radius 2 is 1.95 bits per heavy atom. The fourth-order valence-electron chi connectivity index (χ4n) is 2.22. The van der Waals surface area contributed by atoms with Gasteiger partial charge in [-0.1, -0.05) is 31.2 Å². The van der Waals surface area contributed by atoms with Gasteiger partial charge in [0.05, 0.1) is 0 Å². The molecule has 1 N–H and O–H groups in total. The molecule has 0 saturated heterocycles. The molecule has 0 aliphatic heterocycles. The van der Waals surface area contributed by atoms with Gasteiger partial charge in [-0.05, 0) is 36.2 Å². The van der Waals surface area contributed by atoms with Crippen LogP contribution in [0.15, 0.2) is 52.9 Å². The Kier molecular flexibility index (Phi) is 3.68. The average Bonchev–Trinajstić information content (AvgIpc) is 2.90. The number of benzene rings is 2. The number of hydrogen-bond acceptors (Lipinski definition) is 3. The van der Waals surface area contributed by atoms with Gasteiger partial charge < -0.3 is 9.73 Å². The van der Waals surface area contributed by atoms with Crippen molar-refractivity contribution < 1.29 is 4.42 Å². The van der Waals surface area contributed by atoms with E-state index in [4.69, 9.17) is 4.42 Å². The fraction of sp³-hybridized carbons (Fsp3) is 0.235. The first-order valence-corrected chi connectivity index (χ1v) is 7.02. The highest BCUT2D eigenvalue weighted by molar-refractivity contribution is 5.73. The van der Waals surface area contributed by atoms with Crippen LogP contribution in [0.2, 0.25) is 0 Å². The van der Waals surface area contributed by atoms with Crippen molar-refractivity contribution >= 4 is 16.8 Å². The molecular weight excluding hydrogens is 248 g/mol. The van der Waals surface area contributed by atoms with Crippen molar-refractivity contribution in [2.45, 2.75) is 19.8 Å². The van der Waals surface area contributed by atoms with Gasteiger partial charge in [0.2, 0.25) is 0 Å². The Morgan fingerprint density at radius 3 is 2.75 bits per heavy atom. The zero-order chi connectivity index (χ0) is 13.8. The Hall–Kier alpha value is -2.29. The number of fused-ring (bicyclic) bond motifs is 1. The SMILES string of the molecule is CCc1ccc2oc(CCNc3ccccc3)nc2c1. The van der Waals surface area contributed by atoms with E-state index in [-0.39, 0.29) is 0 Å². The fourth-order valence-corrected chi connectivity index (χ4v) is 2.22. The standard InChI is InChI=1S/C17H18N2O/c1-2-13-8-9-16-15(12-13)19-17(20-16)10-11-18-14-6-4-3-5-7-14/h3-9,12,18H,2,10-11H2,1H3. The number of aryl methyl sites for hydroxylation is 1. The highest BCUT2D eigenvalue weighted by Crippen LogP contribution is 2.18. The number of oxazole rings is 1. The maximum atomic E-state index is 5.75. The van der Waals surface area contributed by atoms with E-state index >= 15 is 0 Å². The summed E-state index contributed by atoms with van der Waals surface area (Å²) in [5.41, 5.74) is 4.24. The van der Waals surface area contributed by atoms with Gasteiger partial charge in [-0.15, -0.1) is 0 Å². The largest absolute Gasteiger partial charge is 0.441 e. The molecule has 20 heavy (non-hydrogen) atoms. The number of nitrogens with one attached hydrogen (secondary N) is 1. The van der Waals surface area contributed by atoms with E-state index in [9.17, 15) is 0 Å². The third-order valence-electron chi connectivity index (χ3n) is 3.35. The smallest absolute Gasteiger partial charge is 0.197 e. The van der Waals surface area contributed by atoms with Gasteiger partial charge in [0.1, 0.15) is 5.52 Å². The second-order valence-corrected chi connectivity index (χ2v) is 4.81. The molecule has 102 valence electrons.